The van der Waals surface area contributed by atoms with Crippen LogP contribution in [0.5, 0.6) is 0 Å². The van der Waals surface area contributed by atoms with Gasteiger partial charge in [0.05, 0.1) is 23.7 Å². The van der Waals surface area contributed by atoms with Crippen LogP contribution in [-0.2, 0) is 15.2 Å². The van der Waals surface area contributed by atoms with Crippen LogP contribution in [0.3, 0.4) is 0 Å². The van der Waals surface area contributed by atoms with E-state index in [4.69, 9.17) is 0 Å². The molecule has 0 spiro atoms. The number of hydrogen-bond donors (Lipinski definition) is 0. The van der Waals surface area contributed by atoms with E-state index in [1.807, 2.05) is 0 Å². The number of nitrogens with zero attached hydrogens (tertiary/aromatic N) is 2. The second-order valence-corrected chi connectivity index (χ2v) is 6.78. The van der Waals surface area contributed by atoms with Crippen LogP contribution in [0, 0.1) is 0 Å². The Labute approximate surface area is 106 Å². The molecule has 0 bridgehead atoms. The van der Waals surface area contributed by atoms with E-state index in [0.29, 0.717) is 12.0 Å². The van der Waals surface area contributed by atoms with Gasteiger partial charge in [0.1, 0.15) is 5.69 Å². The standard InChI is InChI=1S/C9H11BrF2N2O2S/c10-3-6-4-13-14(8(6)9(11)12)7-1-2-17(15,16)5-7/h4,7,9H,1-3,5H2. The Morgan fingerprint density at radius 3 is 2.76 bits per heavy atom. The van der Waals surface area contributed by atoms with Crippen LogP contribution in [0.25, 0.3) is 0 Å². The molecule has 1 saturated heterocycles. The van der Waals surface area contributed by atoms with Crippen LogP contribution >= 0.6 is 15.9 Å². The third kappa shape index (κ3) is 2.52. The smallest absolute Gasteiger partial charge is 0.259 e. The van der Waals surface area contributed by atoms with Gasteiger partial charge in [0.2, 0.25) is 0 Å². The lowest BCUT2D eigenvalue weighted by molar-refractivity contribution is 0.135. The van der Waals surface area contributed by atoms with Crippen LogP contribution in [0.4, 0.5) is 8.78 Å². The van der Waals surface area contributed by atoms with E-state index >= 15 is 0 Å². The first kappa shape index (κ1) is 12.9. The summed E-state index contributed by atoms with van der Waals surface area (Å²) in [4.78, 5) is 0. The van der Waals surface area contributed by atoms with E-state index in [1.165, 1.54) is 10.9 Å². The van der Waals surface area contributed by atoms with Crippen LogP contribution in [0.2, 0.25) is 0 Å². The van der Waals surface area contributed by atoms with E-state index in [9.17, 15) is 17.2 Å². The summed E-state index contributed by atoms with van der Waals surface area (Å²) >= 11 is 3.12. The monoisotopic (exact) mass is 328 g/mol. The summed E-state index contributed by atoms with van der Waals surface area (Å²) < 4.78 is 49.7. The maximum Gasteiger partial charge on any atom is 0.280 e. The first-order valence-electron chi connectivity index (χ1n) is 5.05. The lowest BCUT2D eigenvalue weighted by Crippen LogP contribution is -2.15. The SMILES string of the molecule is O=S1(=O)CCC(n2ncc(CBr)c2C(F)F)C1. The van der Waals surface area contributed by atoms with Crippen LogP contribution < -0.4 is 0 Å². The highest BCUT2D eigenvalue weighted by atomic mass is 79.9. The highest BCUT2D eigenvalue weighted by Gasteiger charge is 2.33. The predicted molar refractivity (Wildman–Crippen MR) is 62.1 cm³/mol. The molecule has 0 saturated carbocycles. The zero-order valence-electron chi connectivity index (χ0n) is 8.81. The van der Waals surface area contributed by atoms with E-state index in [0.717, 1.165) is 0 Å². The van der Waals surface area contributed by atoms with Gasteiger partial charge in [-0.15, -0.1) is 0 Å². The minimum atomic E-state index is -3.10. The average molecular weight is 329 g/mol. The summed E-state index contributed by atoms with van der Waals surface area (Å²) in [6, 6.07) is -0.461. The third-order valence-electron chi connectivity index (χ3n) is 2.82. The fraction of sp³-hybridized carbons (Fsp3) is 0.667. The molecular formula is C9H11BrF2N2O2S. The van der Waals surface area contributed by atoms with Gasteiger partial charge in [-0.2, -0.15) is 5.10 Å². The van der Waals surface area contributed by atoms with Crippen molar-refractivity contribution in [3.63, 3.8) is 0 Å². The van der Waals surface area contributed by atoms with Gasteiger partial charge >= 0.3 is 0 Å². The summed E-state index contributed by atoms with van der Waals surface area (Å²) in [6.45, 7) is 0. The van der Waals surface area contributed by atoms with Crippen molar-refractivity contribution in [2.24, 2.45) is 0 Å². The van der Waals surface area contributed by atoms with Crippen LogP contribution in [-0.4, -0.2) is 29.7 Å². The average Bonchev–Trinajstić information content (AvgIpc) is 2.80. The fourth-order valence-electron chi connectivity index (χ4n) is 2.01. The van der Waals surface area contributed by atoms with Gasteiger partial charge in [-0.3, -0.25) is 4.68 Å². The number of hydrogen-bond acceptors (Lipinski definition) is 3. The second-order valence-electron chi connectivity index (χ2n) is 3.99. The van der Waals surface area contributed by atoms with Crippen molar-refractivity contribution in [3.8, 4) is 0 Å². The molecule has 0 aromatic carbocycles. The number of rotatable bonds is 3. The van der Waals surface area contributed by atoms with Crippen LogP contribution in [0.1, 0.15) is 30.1 Å². The molecule has 0 aliphatic carbocycles. The zero-order valence-corrected chi connectivity index (χ0v) is 11.2. The van der Waals surface area contributed by atoms with Gasteiger partial charge in [0.15, 0.2) is 9.84 Å². The molecule has 1 unspecified atom stereocenters. The summed E-state index contributed by atoms with van der Waals surface area (Å²) in [7, 11) is -3.10. The van der Waals surface area contributed by atoms with Crippen LogP contribution in [0.15, 0.2) is 6.20 Å². The Kier molecular flexibility index (Phi) is 3.53. The topological polar surface area (TPSA) is 52.0 Å². The molecule has 96 valence electrons. The molecule has 0 radical (unpaired) electrons. The van der Waals surface area contributed by atoms with Gasteiger partial charge in [0, 0.05) is 10.9 Å². The minimum Gasteiger partial charge on any atom is -0.259 e. The molecule has 4 nitrogen and oxygen atoms in total. The van der Waals surface area contributed by atoms with E-state index in [2.05, 4.69) is 21.0 Å². The summed E-state index contributed by atoms with van der Waals surface area (Å²) in [5.74, 6) is -0.0556. The largest absolute Gasteiger partial charge is 0.280 e. The fourth-order valence-corrected chi connectivity index (χ4v) is 4.13. The summed E-state index contributed by atoms with van der Waals surface area (Å²) in [5.41, 5.74) is 0.230. The minimum absolute atomic E-state index is 0.0455. The lowest BCUT2D eigenvalue weighted by atomic mass is 10.2. The molecule has 2 heterocycles. The molecule has 1 aromatic heterocycles. The van der Waals surface area contributed by atoms with Gasteiger partial charge in [0.25, 0.3) is 6.43 Å². The quantitative estimate of drug-likeness (QED) is 0.798. The van der Waals surface area contributed by atoms with E-state index in [-0.39, 0.29) is 22.5 Å². The third-order valence-corrected chi connectivity index (χ3v) is 5.17. The number of sulfone groups is 1. The highest BCUT2D eigenvalue weighted by molar-refractivity contribution is 9.08. The molecule has 8 heteroatoms. The highest BCUT2D eigenvalue weighted by Crippen LogP contribution is 2.31. The van der Waals surface area contributed by atoms with Gasteiger partial charge in [-0.05, 0) is 6.42 Å². The first-order chi connectivity index (χ1) is 7.94. The van der Waals surface area contributed by atoms with Crippen molar-refractivity contribution < 1.29 is 17.2 Å². The molecule has 0 N–H and O–H groups in total. The molecule has 1 fully saturated rings. The van der Waals surface area contributed by atoms with E-state index in [1.54, 1.807) is 0 Å². The maximum atomic E-state index is 12.9. The predicted octanol–water partition coefficient (Wildman–Crippen LogP) is 2.08. The molecule has 1 atom stereocenters. The molecular weight excluding hydrogens is 318 g/mol. The Balaban J connectivity index is 2.36. The lowest BCUT2D eigenvalue weighted by Gasteiger charge is -2.13. The van der Waals surface area contributed by atoms with Gasteiger partial charge < -0.3 is 0 Å². The van der Waals surface area contributed by atoms with Gasteiger partial charge in [-0.25, -0.2) is 17.2 Å². The van der Waals surface area contributed by atoms with E-state index < -0.39 is 22.3 Å². The summed E-state index contributed by atoms with van der Waals surface area (Å²) in [6.07, 6.45) is -0.930. The zero-order chi connectivity index (χ0) is 12.6. The van der Waals surface area contributed by atoms with Crippen molar-refractivity contribution >= 4 is 25.8 Å². The second kappa shape index (κ2) is 4.64. The van der Waals surface area contributed by atoms with Crippen molar-refractivity contribution in [1.82, 2.24) is 9.78 Å². The van der Waals surface area contributed by atoms with Crippen molar-refractivity contribution in [2.75, 3.05) is 11.5 Å². The molecule has 1 aliphatic rings. The van der Waals surface area contributed by atoms with Crippen molar-refractivity contribution in [1.29, 1.82) is 0 Å². The number of alkyl halides is 3. The normalized spacial score (nSPS) is 23.4. The number of halogens is 3. The Morgan fingerprint density at radius 1 is 1.59 bits per heavy atom. The number of aromatic nitrogens is 2. The summed E-state index contributed by atoms with van der Waals surface area (Å²) in [5, 5.41) is 4.18. The first-order valence-corrected chi connectivity index (χ1v) is 7.99. The Morgan fingerprint density at radius 2 is 2.29 bits per heavy atom. The maximum absolute atomic E-state index is 12.9. The molecule has 2 rings (SSSR count). The Bertz CT molecular complexity index is 515. The Hall–Kier alpha value is -0.500. The van der Waals surface area contributed by atoms with Crippen molar-refractivity contribution in [3.05, 3.63) is 17.5 Å². The molecule has 1 aromatic rings. The molecule has 0 amide bonds. The van der Waals surface area contributed by atoms with Gasteiger partial charge in [-0.1, -0.05) is 15.9 Å². The molecule has 17 heavy (non-hydrogen) atoms. The van der Waals surface area contributed by atoms with Crippen molar-refractivity contribution in [2.45, 2.75) is 24.2 Å². The molecule has 1 aliphatic heterocycles.